The second-order valence-corrected chi connectivity index (χ2v) is 37.6. The number of aryl methyl sites for hydroxylation is 2. The first-order chi connectivity index (χ1) is 68.0. The van der Waals surface area contributed by atoms with Gasteiger partial charge in [-0.15, -0.1) is 0 Å². The molecule has 16 aromatic rings. The van der Waals surface area contributed by atoms with Crippen LogP contribution >= 0.6 is 23.2 Å². The van der Waals surface area contributed by atoms with Gasteiger partial charge in [0.25, 0.3) is 0 Å². The standard InChI is InChI=1S/C30H29ClFN7O.C26H21F2N5O.C26H22FN5O.C25H19ClFN5O/c1-4-24(40)38-12-11-22-23(38)16-39(22)29-20-13-33-27(19-9-5-7-17-8-6-10-21(31)25(17)19)26(32)28(20)34-30(35-29)37-14-18(15-37)36(2)3;1-3-21(34)32-10-9-19-20(32)12-33(19)26-17-11-29-24(23(28)25(17)30-13-31-26)16-6-4-5-15-7-8-18(27)14(2)22(15)16;1-3-21(33)31-11-10-19-20(31)13-32(19)26-18-12-28-24(23(27)25(18)29-14-30-26)17-9-5-8-16-7-4-6-15(2)22(16)17;1-2-20(33)31-10-9-18-19(31)12-32(18)25-16-11-28-23(22(27)24(16)29-13-30-25)15-7-3-5-14-6-4-8-17(26)21(14)15/h4-10,13,18,22-23H,1,11-12,14-16H2,2-3H3;3-8,11,13,19-20H,1,9-10,12H2,2H3;3-9,12,14,19-20H,1,10-11,13H2,2H3;2-8,11,13,18-19H,1,9-10,12H2/t22-,23-;2*19-,20-;18-,19-/m1111/s1. The Kier molecular flexibility index (Phi) is 23.1. The molecule has 0 radical (unpaired) electrons. The van der Waals surface area contributed by atoms with Gasteiger partial charge in [-0.05, 0) is 140 Å². The molecular formula is C107H91Cl2F5N22O4. The third kappa shape index (κ3) is 14.9. The van der Waals surface area contributed by atoms with E-state index in [1.165, 1.54) is 49.4 Å². The lowest BCUT2D eigenvalue weighted by atomic mass is 9.95. The average Bonchev–Trinajstić information content (AvgIpc) is 1.37. The lowest BCUT2D eigenvalue weighted by Gasteiger charge is -2.48. The summed E-state index contributed by atoms with van der Waals surface area (Å²) in [6, 6.07) is 44.3. The molecule has 8 aromatic carbocycles. The van der Waals surface area contributed by atoms with Crippen LogP contribution in [0.4, 0.5) is 51.2 Å². The zero-order valence-corrected chi connectivity index (χ0v) is 78.2. The van der Waals surface area contributed by atoms with E-state index in [0.717, 1.165) is 87.6 Å². The summed E-state index contributed by atoms with van der Waals surface area (Å²) in [4.78, 5) is 123. The summed E-state index contributed by atoms with van der Waals surface area (Å²) >= 11 is 13.0. The zero-order chi connectivity index (χ0) is 96.6. The van der Waals surface area contributed by atoms with Crippen LogP contribution in [-0.2, 0) is 19.2 Å². The van der Waals surface area contributed by atoms with E-state index in [0.29, 0.717) is 147 Å². The molecule has 4 amide bonds. The van der Waals surface area contributed by atoms with Crippen LogP contribution in [0, 0.1) is 42.9 Å². The van der Waals surface area contributed by atoms with Crippen molar-refractivity contribution in [2.75, 3.05) is 104 Å². The number of likely N-dealkylation sites (N-methyl/N-ethyl adjacent to an activating group) is 1. The van der Waals surface area contributed by atoms with Crippen LogP contribution in [-0.4, -0.2) is 242 Å². The second kappa shape index (κ2) is 36.0. The molecule has 0 saturated carbocycles. The predicted molar refractivity (Wildman–Crippen MR) is 536 cm³/mol. The molecule has 0 N–H and O–H groups in total. The molecule has 8 atom stereocenters. The molecule has 0 aliphatic carbocycles. The number of hydrogen-bond donors (Lipinski definition) is 0. The van der Waals surface area contributed by atoms with E-state index in [4.69, 9.17) is 33.2 Å². The van der Waals surface area contributed by atoms with Crippen LogP contribution in [0.3, 0.4) is 0 Å². The van der Waals surface area contributed by atoms with Crippen LogP contribution in [0.2, 0.25) is 10.0 Å². The van der Waals surface area contributed by atoms with Gasteiger partial charge in [0.2, 0.25) is 29.6 Å². The lowest BCUT2D eigenvalue weighted by molar-refractivity contribution is -0.128. The quantitative estimate of drug-likeness (QED) is 0.0724. The predicted octanol–water partition coefficient (Wildman–Crippen LogP) is 17.7. The molecule has 0 unspecified atom stereocenters. The number of rotatable bonds is 14. The third-order valence-electron chi connectivity index (χ3n) is 29.5. The Balaban J connectivity index is 0.000000108. The highest BCUT2D eigenvalue weighted by atomic mass is 35.5. The summed E-state index contributed by atoms with van der Waals surface area (Å²) < 4.78 is 78.3. The summed E-state index contributed by atoms with van der Waals surface area (Å²) in [7, 11) is 4.11. The van der Waals surface area contributed by atoms with Crippen molar-refractivity contribution in [2.24, 2.45) is 0 Å². The van der Waals surface area contributed by atoms with Crippen molar-refractivity contribution < 1.29 is 41.1 Å². The van der Waals surface area contributed by atoms with E-state index in [9.17, 15) is 23.6 Å². The third-order valence-corrected chi connectivity index (χ3v) is 30.1. The fraction of sp³-hybridized carbons (Fsp3) is 0.252. The van der Waals surface area contributed by atoms with E-state index in [2.05, 4.69) is 120 Å². The number of aromatic nitrogens is 12. The first-order valence-corrected chi connectivity index (χ1v) is 47.2. The molecule has 17 heterocycles. The van der Waals surface area contributed by atoms with Gasteiger partial charge in [-0.2, -0.15) is 4.98 Å². The monoisotopic (exact) mass is 1910 g/mol. The van der Waals surface area contributed by atoms with Gasteiger partial charge in [0, 0.05) is 139 Å². The minimum Gasteiger partial charge on any atom is -0.349 e. The van der Waals surface area contributed by atoms with Crippen LogP contribution in [0.5, 0.6) is 0 Å². The Hall–Kier alpha value is -15.2. The van der Waals surface area contributed by atoms with E-state index in [1.807, 2.05) is 136 Å². The fourth-order valence-corrected chi connectivity index (χ4v) is 22.7. The van der Waals surface area contributed by atoms with Crippen molar-refractivity contribution in [3.8, 4) is 45.0 Å². The maximum absolute atomic E-state index is 16.5. The molecule has 8 aromatic heterocycles. The Morgan fingerprint density at radius 2 is 0.671 bits per heavy atom. The first kappa shape index (κ1) is 90.0. The number of benzene rings is 8. The Morgan fingerprint density at radius 1 is 0.357 bits per heavy atom. The van der Waals surface area contributed by atoms with Gasteiger partial charge in [0.15, 0.2) is 23.3 Å². The van der Waals surface area contributed by atoms with Gasteiger partial charge in [-0.1, -0.05) is 171 Å². The van der Waals surface area contributed by atoms with Gasteiger partial charge in [-0.25, -0.2) is 56.8 Å². The van der Waals surface area contributed by atoms with E-state index in [1.54, 1.807) is 56.0 Å². The molecule has 33 heteroatoms. The Labute approximate surface area is 810 Å². The van der Waals surface area contributed by atoms with Gasteiger partial charge in [0.05, 0.1) is 69.9 Å². The van der Waals surface area contributed by atoms with E-state index in [-0.39, 0.29) is 123 Å². The summed E-state index contributed by atoms with van der Waals surface area (Å²) in [5.41, 5.74) is 5.75. The maximum Gasteiger partial charge on any atom is 0.246 e. The molecule has 9 aliphatic rings. The number of anilines is 5. The maximum atomic E-state index is 16.5. The SMILES string of the molecule is C=CC(=O)N1CC[C@@H]2[C@H]1CN2c1nc(N2CC(N(C)C)C2)nc2c(F)c(-c3cccc4cccc(Cl)c34)ncc12.C=CC(=O)N1CC[C@@H]2[C@H]1CN2c1ncnc2c(F)c(-c3cccc4ccc(F)c(C)c34)ncc12.C=CC(=O)N1CC[C@@H]2[C@H]1CN2c1ncnc2c(F)c(-c3cccc4cccc(C)c34)ncc12.C=CC(=O)N1CC[C@@H]2[C@H]1CN2c1ncnc2c(F)c(-c3cccc4cccc(Cl)c34)ncc12. The fourth-order valence-electron chi connectivity index (χ4n) is 22.2. The number of carbonyl (C=O) groups is 4. The van der Waals surface area contributed by atoms with E-state index < -0.39 is 23.3 Å². The molecule has 26 nitrogen and oxygen atoms in total. The second-order valence-electron chi connectivity index (χ2n) is 36.8. The minimum absolute atomic E-state index is 0.0440. The van der Waals surface area contributed by atoms with Crippen molar-refractivity contribution in [3.63, 3.8) is 0 Å². The highest BCUT2D eigenvalue weighted by Gasteiger charge is 2.54. The van der Waals surface area contributed by atoms with E-state index >= 15 is 17.6 Å². The van der Waals surface area contributed by atoms with Crippen molar-refractivity contribution in [1.82, 2.24) is 84.3 Å². The molecule has 25 rings (SSSR count). The number of carbonyl (C=O) groups excluding carboxylic acids is 4. The molecular weight excluding hydrogens is 1820 g/mol. The van der Waals surface area contributed by atoms with Gasteiger partial charge in [-0.3, -0.25) is 39.1 Å². The van der Waals surface area contributed by atoms with Crippen molar-refractivity contribution in [1.29, 1.82) is 0 Å². The summed E-state index contributed by atoms with van der Waals surface area (Å²) in [6.07, 6.45) is 19.5. The molecule has 9 aliphatic heterocycles. The van der Waals surface area contributed by atoms with Gasteiger partial charge < -0.3 is 49.0 Å². The van der Waals surface area contributed by atoms with Gasteiger partial charge in [0.1, 0.15) is 92.9 Å². The highest BCUT2D eigenvalue weighted by molar-refractivity contribution is 6.37. The Bertz CT molecular complexity index is 7700. The topological polar surface area (TPSA) is 255 Å². The first-order valence-electron chi connectivity index (χ1n) is 46.5. The van der Waals surface area contributed by atoms with Crippen molar-refractivity contribution >= 4 is 163 Å². The number of fused-ring (bicyclic) bond motifs is 12. The molecule has 0 bridgehead atoms. The zero-order valence-electron chi connectivity index (χ0n) is 76.7. The summed E-state index contributed by atoms with van der Waals surface area (Å²) in [6.45, 7) is 24.9. The normalized spacial score (nSPS) is 19.8. The van der Waals surface area contributed by atoms with Crippen molar-refractivity contribution in [2.45, 2.75) is 93.9 Å². The molecule has 702 valence electrons. The molecule has 9 fully saturated rings. The largest absolute Gasteiger partial charge is 0.349 e. The summed E-state index contributed by atoms with van der Waals surface area (Å²) in [5, 5.41) is 10.1. The van der Waals surface area contributed by atoms with Gasteiger partial charge >= 0.3 is 0 Å². The molecule has 9 saturated heterocycles. The van der Waals surface area contributed by atoms with Crippen LogP contribution in [0.15, 0.2) is 234 Å². The molecule has 140 heavy (non-hydrogen) atoms. The van der Waals surface area contributed by atoms with Crippen LogP contribution in [0.25, 0.3) is 132 Å². The Morgan fingerprint density at radius 3 is 1.04 bits per heavy atom. The smallest absolute Gasteiger partial charge is 0.246 e. The number of amides is 4. The number of pyridine rings is 4. The number of nitrogens with zero attached hydrogens (tertiary/aromatic N) is 22. The lowest BCUT2D eigenvalue weighted by Crippen LogP contribution is -2.63. The molecule has 0 spiro atoms. The highest BCUT2D eigenvalue weighted by Crippen LogP contribution is 2.48. The average molecular weight is 1910 g/mol. The van der Waals surface area contributed by atoms with Crippen LogP contribution in [0.1, 0.15) is 36.8 Å². The number of likely N-dealkylation sites (tertiary alicyclic amines) is 4. The summed E-state index contributed by atoms with van der Waals surface area (Å²) in [5.74, 6) is 0.508. The van der Waals surface area contributed by atoms with Crippen molar-refractivity contribution in [3.05, 3.63) is 284 Å². The minimum atomic E-state index is -0.565. The van der Waals surface area contributed by atoms with Crippen LogP contribution < -0.4 is 24.5 Å². The number of hydrogen-bond acceptors (Lipinski definition) is 22. The number of halogens is 7.